The zero-order valence-electron chi connectivity index (χ0n) is 6.52. The molecule has 0 aromatic rings. The molecule has 0 fully saturated rings. The minimum Gasteiger partial charge on any atom is -0.328 e. The first-order valence-corrected chi connectivity index (χ1v) is 3.90. The van der Waals surface area contributed by atoms with Gasteiger partial charge in [0.1, 0.15) is 0 Å². The number of thiol groups is 1. The van der Waals surface area contributed by atoms with Crippen LogP contribution in [0.15, 0.2) is 0 Å². The quantitative estimate of drug-likeness (QED) is 0.585. The van der Waals surface area contributed by atoms with Crippen molar-refractivity contribution in [2.24, 2.45) is 5.73 Å². The van der Waals surface area contributed by atoms with Crippen molar-refractivity contribution >= 4 is 12.6 Å². The first-order chi connectivity index (χ1) is 3.98. The van der Waals surface area contributed by atoms with E-state index in [1.54, 1.807) is 0 Å². The number of nitrogens with two attached hydrogens (primary N) is 1. The predicted octanol–water partition coefficient (Wildman–Crippen LogP) is 1.82. The van der Waals surface area contributed by atoms with E-state index in [1.807, 2.05) is 6.92 Å². The second kappa shape index (κ2) is 3.47. The first-order valence-electron chi connectivity index (χ1n) is 3.46. The molecule has 0 rings (SSSR count). The molecule has 0 aromatic carbocycles. The molecule has 0 heterocycles. The van der Waals surface area contributed by atoms with E-state index < -0.39 is 0 Å². The Kier molecular flexibility index (Phi) is 3.59. The fraction of sp³-hybridized carbons (Fsp3) is 1.00. The van der Waals surface area contributed by atoms with Gasteiger partial charge in [-0.05, 0) is 19.8 Å². The molecule has 0 bridgehead atoms. The zero-order chi connectivity index (χ0) is 7.49. The molecule has 1 nitrogen and oxygen atoms in total. The van der Waals surface area contributed by atoms with E-state index in [0.717, 1.165) is 12.8 Å². The standard InChI is InChI=1S/C7H17NS/c1-4-7(3,9)5-6(2)8/h6,9H,4-5,8H2,1-3H3. The summed E-state index contributed by atoms with van der Waals surface area (Å²) in [6.07, 6.45) is 2.07. The van der Waals surface area contributed by atoms with Crippen LogP contribution in [0.25, 0.3) is 0 Å². The molecule has 0 amide bonds. The Morgan fingerprint density at radius 2 is 2.11 bits per heavy atom. The summed E-state index contributed by atoms with van der Waals surface area (Å²) in [6, 6.07) is 0.271. The van der Waals surface area contributed by atoms with E-state index in [1.165, 1.54) is 0 Å². The lowest BCUT2D eigenvalue weighted by Crippen LogP contribution is -2.27. The summed E-state index contributed by atoms with van der Waals surface area (Å²) < 4.78 is 0.133. The molecular weight excluding hydrogens is 130 g/mol. The summed E-state index contributed by atoms with van der Waals surface area (Å²) in [4.78, 5) is 0. The lowest BCUT2D eigenvalue weighted by molar-refractivity contribution is 0.516. The van der Waals surface area contributed by atoms with Gasteiger partial charge in [0.2, 0.25) is 0 Å². The highest BCUT2D eigenvalue weighted by Crippen LogP contribution is 2.23. The van der Waals surface area contributed by atoms with Gasteiger partial charge in [-0.15, -0.1) is 0 Å². The lowest BCUT2D eigenvalue weighted by atomic mass is 10.00. The SMILES string of the molecule is CCC(C)(S)CC(C)N. The van der Waals surface area contributed by atoms with Crippen molar-refractivity contribution in [3.63, 3.8) is 0 Å². The van der Waals surface area contributed by atoms with Gasteiger partial charge in [-0.3, -0.25) is 0 Å². The van der Waals surface area contributed by atoms with Crippen LogP contribution in [-0.2, 0) is 0 Å². The van der Waals surface area contributed by atoms with Crippen molar-refractivity contribution in [2.75, 3.05) is 0 Å². The van der Waals surface area contributed by atoms with Crippen molar-refractivity contribution in [1.29, 1.82) is 0 Å². The predicted molar refractivity (Wildman–Crippen MR) is 45.9 cm³/mol. The van der Waals surface area contributed by atoms with Crippen LogP contribution in [0.3, 0.4) is 0 Å². The van der Waals surface area contributed by atoms with Crippen LogP contribution >= 0.6 is 12.6 Å². The molecule has 0 spiro atoms. The van der Waals surface area contributed by atoms with Crippen LogP contribution in [-0.4, -0.2) is 10.8 Å². The maximum absolute atomic E-state index is 5.61. The van der Waals surface area contributed by atoms with Crippen LogP contribution in [0, 0.1) is 0 Å². The summed E-state index contributed by atoms with van der Waals surface area (Å²) >= 11 is 4.45. The fourth-order valence-electron chi connectivity index (χ4n) is 0.838. The molecule has 2 heteroatoms. The zero-order valence-corrected chi connectivity index (χ0v) is 7.41. The number of hydrogen-bond donors (Lipinski definition) is 2. The minimum atomic E-state index is 0.133. The molecular formula is C7H17NS. The Morgan fingerprint density at radius 3 is 2.22 bits per heavy atom. The Hall–Kier alpha value is 0.310. The highest BCUT2D eigenvalue weighted by molar-refractivity contribution is 7.81. The maximum Gasteiger partial charge on any atom is 0.0113 e. The van der Waals surface area contributed by atoms with Gasteiger partial charge < -0.3 is 5.73 Å². The molecule has 0 aliphatic heterocycles. The molecule has 0 saturated heterocycles. The van der Waals surface area contributed by atoms with E-state index in [9.17, 15) is 0 Å². The van der Waals surface area contributed by atoms with Gasteiger partial charge in [-0.2, -0.15) is 12.6 Å². The maximum atomic E-state index is 5.61. The third-order valence-corrected chi connectivity index (χ3v) is 2.02. The summed E-state index contributed by atoms with van der Waals surface area (Å²) in [5, 5.41) is 0. The highest BCUT2D eigenvalue weighted by Gasteiger charge is 2.17. The topological polar surface area (TPSA) is 26.0 Å². The van der Waals surface area contributed by atoms with Gasteiger partial charge in [0, 0.05) is 10.8 Å². The molecule has 2 N–H and O–H groups in total. The van der Waals surface area contributed by atoms with Crippen molar-refractivity contribution in [2.45, 2.75) is 44.4 Å². The van der Waals surface area contributed by atoms with E-state index >= 15 is 0 Å². The van der Waals surface area contributed by atoms with Crippen molar-refractivity contribution < 1.29 is 0 Å². The third kappa shape index (κ3) is 4.79. The Labute approximate surface area is 63.4 Å². The minimum absolute atomic E-state index is 0.133. The van der Waals surface area contributed by atoms with Crippen LogP contribution in [0.2, 0.25) is 0 Å². The molecule has 2 unspecified atom stereocenters. The summed E-state index contributed by atoms with van der Waals surface area (Å²) in [7, 11) is 0. The van der Waals surface area contributed by atoms with Gasteiger partial charge in [-0.1, -0.05) is 13.8 Å². The second-order valence-electron chi connectivity index (χ2n) is 3.03. The summed E-state index contributed by atoms with van der Waals surface area (Å²) in [5.41, 5.74) is 5.61. The van der Waals surface area contributed by atoms with Crippen molar-refractivity contribution in [1.82, 2.24) is 0 Å². The second-order valence-corrected chi connectivity index (χ2v) is 4.11. The van der Waals surface area contributed by atoms with Crippen molar-refractivity contribution in [3.8, 4) is 0 Å². The fourth-order valence-corrected chi connectivity index (χ4v) is 1.13. The van der Waals surface area contributed by atoms with Gasteiger partial charge >= 0.3 is 0 Å². The van der Waals surface area contributed by atoms with Crippen LogP contribution in [0.4, 0.5) is 0 Å². The molecule has 0 aliphatic carbocycles. The van der Waals surface area contributed by atoms with E-state index in [-0.39, 0.29) is 10.8 Å². The molecule has 9 heavy (non-hydrogen) atoms. The average Bonchev–Trinajstić information content (AvgIpc) is 1.63. The Balaban J connectivity index is 3.58. The van der Waals surface area contributed by atoms with Gasteiger partial charge in [0.05, 0.1) is 0 Å². The summed E-state index contributed by atoms with van der Waals surface area (Å²) in [6.45, 7) is 6.28. The molecule has 56 valence electrons. The van der Waals surface area contributed by atoms with Crippen LogP contribution in [0.1, 0.15) is 33.6 Å². The molecule has 0 saturated carbocycles. The Morgan fingerprint density at radius 1 is 1.67 bits per heavy atom. The molecule has 0 radical (unpaired) electrons. The van der Waals surface area contributed by atoms with Crippen molar-refractivity contribution in [3.05, 3.63) is 0 Å². The first kappa shape index (κ1) is 9.31. The molecule has 0 aliphatic rings. The number of hydrogen-bond acceptors (Lipinski definition) is 2. The van der Waals surface area contributed by atoms with Gasteiger partial charge in [0.25, 0.3) is 0 Å². The number of rotatable bonds is 3. The summed E-state index contributed by atoms with van der Waals surface area (Å²) in [5.74, 6) is 0. The largest absolute Gasteiger partial charge is 0.328 e. The van der Waals surface area contributed by atoms with Gasteiger partial charge in [-0.25, -0.2) is 0 Å². The van der Waals surface area contributed by atoms with E-state index in [0.29, 0.717) is 0 Å². The van der Waals surface area contributed by atoms with Crippen LogP contribution in [0.5, 0.6) is 0 Å². The lowest BCUT2D eigenvalue weighted by Gasteiger charge is -2.23. The van der Waals surface area contributed by atoms with E-state index in [4.69, 9.17) is 5.73 Å². The normalized spacial score (nSPS) is 21.0. The highest BCUT2D eigenvalue weighted by atomic mass is 32.1. The molecule has 0 aromatic heterocycles. The van der Waals surface area contributed by atoms with Crippen LogP contribution < -0.4 is 5.73 Å². The average molecular weight is 147 g/mol. The molecule has 2 atom stereocenters. The monoisotopic (exact) mass is 147 g/mol. The third-order valence-electron chi connectivity index (χ3n) is 1.52. The Bertz CT molecular complexity index is 79.0. The van der Waals surface area contributed by atoms with E-state index in [2.05, 4.69) is 26.5 Å². The van der Waals surface area contributed by atoms with Gasteiger partial charge in [0.15, 0.2) is 0 Å². The smallest absolute Gasteiger partial charge is 0.0113 e.